The van der Waals surface area contributed by atoms with Crippen LogP contribution < -0.4 is 4.90 Å². The zero-order valence-electron chi connectivity index (χ0n) is 12.5. The van der Waals surface area contributed by atoms with E-state index < -0.39 is 0 Å². The molecule has 0 saturated carbocycles. The lowest BCUT2D eigenvalue weighted by molar-refractivity contribution is -0.0366. The Kier molecular flexibility index (Phi) is 3.68. The highest BCUT2D eigenvalue weighted by Crippen LogP contribution is 2.34. The summed E-state index contributed by atoms with van der Waals surface area (Å²) in [6, 6.07) is 1.87. The van der Waals surface area contributed by atoms with Crippen molar-refractivity contribution in [2.24, 2.45) is 0 Å². The van der Waals surface area contributed by atoms with Crippen LogP contribution in [0.2, 0.25) is 5.15 Å². The molecule has 0 spiro atoms. The van der Waals surface area contributed by atoms with Crippen LogP contribution in [0.5, 0.6) is 0 Å². The van der Waals surface area contributed by atoms with Gasteiger partial charge in [0, 0.05) is 39.1 Å². The third-order valence-electron chi connectivity index (χ3n) is 4.45. The number of pyridine rings is 1. The zero-order chi connectivity index (χ0) is 15.1. The monoisotopic (exact) mass is 322 g/mol. The second-order valence-electron chi connectivity index (χ2n) is 5.88. The summed E-state index contributed by atoms with van der Waals surface area (Å²) >= 11 is 6.09. The zero-order valence-corrected chi connectivity index (χ0v) is 13.3. The van der Waals surface area contributed by atoms with E-state index in [1.54, 1.807) is 13.3 Å². The molecule has 118 valence electrons. The average Bonchev–Trinajstić information content (AvgIpc) is 2.86. The van der Waals surface area contributed by atoms with Crippen molar-refractivity contribution in [3.8, 4) is 0 Å². The summed E-state index contributed by atoms with van der Waals surface area (Å²) in [5.41, 5.74) is 0.989. The Morgan fingerprint density at radius 2 is 2.23 bits per heavy atom. The number of aromatic nitrogens is 3. The van der Waals surface area contributed by atoms with Gasteiger partial charge in [-0.25, -0.2) is 9.67 Å². The van der Waals surface area contributed by atoms with E-state index in [2.05, 4.69) is 9.88 Å². The Morgan fingerprint density at radius 3 is 2.95 bits per heavy atom. The van der Waals surface area contributed by atoms with Crippen molar-refractivity contribution in [2.45, 2.75) is 31.6 Å². The van der Waals surface area contributed by atoms with Crippen LogP contribution in [-0.4, -0.2) is 47.7 Å². The molecule has 0 amide bonds. The van der Waals surface area contributed by atoms with E-state index in [-0.39, 0.29) is 12.3 Å². The summed E-state index contributed by atoms with van der Waals surface area (Å²) in [6.45, 7) is 2.50. The molecule has 2 aromatic heterocycles. The summed E-state index contributed by atoms with van der Waals surface area (Å²) in [7, 11) is 1.75. The van der Waals surface area contributed by atoms with Crippen LogP contribution >= 0.6 is 11.6 Å². The van der Waals surface area contributed by atoms with Gasteiger partial charge in [-0.3, -0.25) is 0 Å². The fourth-order valence-electron chi connectivity index (χ4n) is 3.12. The van der Waals surface area contributed by atoms with E-state index in [4.69, 9.17) is 26.2 Å². The van der Waals surface area contributed by atoms with Gasteiger partial charge in [-0.1, -0.05) is 11.6 Å². The number of fused-ring (bicyclic) bond motifs is 1. The summed E-state index contributed by atoms with van der Waals surface area (Å²) in [6.07, 6.45) is 5.34. The number of halogens is 1. The van der Waals surface area contributed by atoms with Crippen LogP contribution in [0.3, 0.4) is 0 Å². The van der Waals surface area contributed by atoms with Crippen molar-refractivity contribution >= 4 is 28.3 Å². The molecule has 1 atom stereocenters. The van der Waals surface area contributed by atoms with E-state index in [9.17, 15) is 0 Å². The molecule has 2 aliphatic rings. The molecule has 1 unspecified atom stereocenters. The van der Waals surface area contributed by atoms with Crippen molar-refractivity contribution in [3.05, 3.63) is 17.4 Å². The van der Waals surface area contributed by atoms with E-state index in [1.165, 1.54) is 0 Å². The van der Waals surface area contributed by atoms with Gasteiger partial charge in [0.15, 0.2) is 12.0 Å². The molecule has 7 heteroatoms. The quantitative estimate of drug-likeness (QED) is 0.813. The maximum absolute atomic E-state index is 6.09. The van der Waals surface area contributed by atoms with Gasteiger partial charge in [-0.15, -0.1) is 0 Å². The molecule has 6 nitrogen and oxygen atoms in total. The van der Waals surface area contributed by atoms with Crippen molar-refractivity contribution in [1.82, 2.24) is 14.8 Å². The number of methoxy groups -OCH3 is 1. The number of hydrogen-bond acceptors (Lipinski definition) is 5. The molecule has 2 saturated heterocycles. The topological polar surface area (TPSA) is 52.4 Å². The normalized spacial score (nSPS) is 23.0. The van der Waals surface area contributed by atoms with Gasteiger partial charge in [0.25, 0.3) is 0 Å². The lowest BCUT2D eigenvalue weighted by Gasteiger charge is -2.38. The van der Waals surface area contributed by atoms with E-state index in [0.29, 0.717) is 5.15 Å². The van der Waals surface area contributed by atoms with Crippen LogP contribution in [0, 0.1) is 0 Å². The van der Waals surface area contributed by atoms with Crippen LogP contribution in [0.15, 0.2) is 12.3 Å². The predicted octanol–water partition coefficient (Wildman–Crippen LogP) is 2.62. The Morgan fingerprint density at radius 1 is 1.36 bits per heavy atom. The molecule has 2 aliphatic heterocycles. The lowest BCUT2D eigenvalue weighted by atomic mass is 10.1. The van der Waals surface area contributed by atoms with Gasteiger partial charge in [-0.2, -0.15) is 5.10 Å². The SMILES string of the molecule is COC1CN(c2nn(C3CCCCO3)c3cc(Cl)ncc23)C1. The maximum atomic E-state index is 6.09. The third kappa shape index (κ3) is 2.35. The number of rotatable bonds is 3. The van der Waals surface area contributed by atoms with Crippen LogP contribution in [-0.2, 0) is 9.47 Å². The second-order valence-corrected chi connectivity index (χ2v) is 6.26. The lowest BCUT2D eigenvalue weighted by Crippen LogP contribution is -2.52. The van der Waals surface area contributed by atoms with E-state index in [0.717, 1.165) is 55.7 Å². The minimum Gasteiger partial charge on any atom is -0.378 e. The van der Waals surface area contributed by atoms with Gasteiger partial charge in [0.1, 0.15) is 5.15 Å². The van der Waals surface area contributed by atoms with Gasteiger partial charge in [0.2, 0.25) is 0 Å². The first kappa shape index (κ1) is 14.2. The van der Waals surface area contributed by atoms with Crippen LogP contribution in [0.1, 0.15) is 25.5 Å². The van der Waals surface area contributed by atoms with E-state index in [1.807, 2.05) is 10.7 Å². The van der Waals surface area contributed by atoms with Crippen LogP contribution in [0.25, 0.3) is 10.9 Å². The molecule has 2 fully saturated rings. The smallest absolute Gasteiger partial charge is 0.160 e. The summed E-state index contributed by atoms with van der Waals surface area (Å²) in [5.74, 6) is 0.946. The number of anilines is 1. The van der Waals surface area contributed by atoms with Crippen molar-refractivity contribution in [1.29, 1.82) is 0 Å². The van der Waals surface area contributed by atoms with Gasteiger partial charge in [-0.05, 0) is 19.3 Å². The molecule has 0 aromatic carbocycles. The molecule has 4 rings (SSSR count). The average molecular weight is 323 g/mol. The number of ether oxygens (including phenoxy) is 2. The Balaban J connectivity index is 1.74. The molecule has 22 heavy (non-hydrogen) atoms. The van der Waals surface area contributed by atoms with Gasteiger partial charge in [0.05, 0.1) is 17.0 Å². The molecule has 4 heterocycles. The van der Waals surface area contributed by atoms with Crippen LogP contribution in [0.4, 0.5) is 5.82 Å². The fraction of sp³-hybridized carbons (Fsp3) is 0.600. The highest BCUT2D eigenvalue weighted by atomic mass is 35.5. The highest BCUT2D eigenvalue weighted by molar-refractivity contribution is 6.30. The van der Waals surface area contributed by atoms with Crippen molar-refractivity contribution in [2.75, 3.05) is 31.7 Å². The summed E-state index contributed by atoms with van der Waals surface area (Å²) in [5, 5.41) is 6.31. The van der Waals surface area contributed by atoms with Crippen molar-refractivity contribution in [3.63, 3.8) is 0 Å². The molecule has 0 bridgehead atoms. The molecule has 2 aromatic rings. The summed E-state index contributed by atoms with van der Waals surface area (Å²) in [4.78, 5) is 6.43. The van der Waals surface area contributed by atoms with Crippen molar-refractivity contribution < 1.29 is 9.47 Å². The van der Waals surface area contributed by atoms with Gasteiger partial charge >= 0.3 is 0 Å². The van der Waals surface area contributed by atoms with E-state index >= 15 is 0 Å². The molecule has 0 N–H and O–H groups in total. The molecule has 0 radical (unpaired) electrons. The molecule has 0 aliphatic carbocycles. The number of nitrogens with zero attached hydrogens (tertiary/aromatic N) is 4. The first-order valence-electron chi connectivity index (χ1n) is 7.69. The third-order valence-corrected chi connectivity index (χ3v) is 4.65. The fourth-order valence-corrected chi connectivity index (χ4v) is 3.27. The first-order chi connectivity index (χ1) is 10.8. The Labute approximate surface area is 134 Å². The number of hydrogen-bond donors (Lipinski definition) is 0. The summed E-state index contributed by atoms with van der Waals surface area (Å²) < 4.78 is 13.2. The standard InChI is InChI=1S/C15H19ClN4O2/c1-21-10-8-19(9-10)15-11-7-17-13(16)6-12(11)20(18-15)14-4-2-3-5-22-14/h6-7,10,14H,2-5,8-9H2,1H3. The second kappa shape index (κ2) is 5.68. The Bertz CT molecular complexity index is 677. The first-order valence-corrected chi connectivity index (χ1v) is 8.07. The molecular weight excluding hydrogens is 304 g/mol. The largest absolute Gasteiger partial charge is 0.378 e. The Hall–Kier alpha value is -1.37. The minimum atomic E-state index is -0.0111. The molecular formula is C15H19ClN4O2. The minimum absolute atomic E-state index is 0.0111. The maximum Gasteiger partial charge on any atom is 0.160 e. The van der Waals surface area contributed by atoms with Gasteiger partial charge < -0.3 is 14.4 Å². The predicted molar refractivity (Wildman–Crippen MR) is 84.4 cm³/mol. The highest BCUT2D eigenvalue weighted by Gasteiger charge is 2.31.